The first kappa shape index (κ1) is 13.6. The molecule has 0 radical (unpaired) electrons. The highest BCUT2D eigenvalue weighted by Crippen LogP contribution is 2.30. The molecule has 1 aliphatic heterocycles. The van der Waals surface area contributed by atoms with Crippen LogP contribution >= 0.6 is 0 Å². The summed E-state index contributed by atoms with van der Waals surface area (Å²) < 4.78 is 19.1. The quantitative estimate of drug-likeness (QED) is 0.888. The third kappa shape index (κ3) is 2.87. The minimum Gasteiger partial charge on any atom is -0.486 e. The van der Waals surface area contributed by atoms with Gasteiger partial charge in [-0.25, -0.2) is 4.39 Å². The van der Waals surface area contributed by atoms with Gasteiger partial charge in [0, 0.05) is 12.5 Å². The van der Waals surface area contributed by atoms with E-state index in [4.69, 9.17) is 10.5 Å². The highest BCUT2D eigenvalue weighted by atomic mass is 19.1. The number of carbonyl (C=O) groups excluding carboxylic acids is 1. The normalized spacial score (nSPS) is 21.0. The second-order valence-corrected chi connectivity index (χ2v) is 5.00. The summed E-state index contributed by atoms with van der Waals surface area (Å²) in [4.78, 5) is 12.1. The lowest BCUT2D eigenvalue weighted by Gasteiger charge is -2.21. The first-order valence-electron chi connectivity index (χ1n) is 6.70. The van der Waals surface area contributed by atoms with Crippen molar-refractivity contribution in [3.05, 3.63) is 59.9 Å². The number of hydrogen-bond acceptors (Lipinski definition) is 3. The Morgan fingerprint density at radius 1 is 1.19 bits per heavy atom. The Kier molecular flexibility index (Phi) is 3.58. The van der Waals surface area contributed by atoms with Crippen LogP contribution in [-0.2, 0) is 11.2 Å². The number of ether oxygens (including phenoxy) is 1. The van der Waals surface area contributed by atoms with Gasteiger partial charge in [0.05, 0.1) is 5.69 Å². The standard InChI is InChI=1S/C16H15FN2O2/c17-11-6-7-13-12(9-11)19-16(20)15(18)14(21-13)8-10-4-2-1-3-5-10/h1-7,9,14-15H,8,18H2,(H,19,20)/t14-,15+/m1/s1. The smallest absolute Gasteiger partial charge is 0.245 e. The number of amides is 1. The van der Waals surface area contributed by atoms with Crippen LogP contribution in [0.4, 0.5) is 10.1 Å². The van der Waals surface area contributed by atoms with Crippen molar-refractivity contribution >= 4 is 11.6 Å². The number of halogens is 1. The van der Waals surface area contributed by atoms with E-state index in [0.717, 1.165) is 5.56 Å². The van der Waals surface area contributed by atoms with E-state index in [1.165, 1.54) is 18.2 Å². The molecule has 0 fully saturated rings. The summed E-state index contributed by atoms with van der Waals surface area (Å²) in [5.74, 6) is -0.383. The number of carbonyl (C=O) groups is 1. The van der Waals surface area contributed by atoms with Gasteiger partial charge in [0.2, 0.25) is 5.91 Å². The maximum Gasteiger partial charge on any atom is 0.245 e. The van der Waals surface area contributed by atoms with E-state index in [1.807, 2.05) is 30.3 Å². The Hall–Kier alpha value is -2.40. The third-order valence-corrected chi connectivity index (χ3v) is 3.46. The molecule has 1 amide bonds. The lowest BCUT2D eigenvalue weighted by molar-refractivity contribution is -0.118. The molecule has 3 rings (SSSR count). The second kappa shape index (κ2) is 5.54. The van der Waals surface area contributed by atoms with Crippen LogP contribution < -0.4 is 15.8 Å². The lowest BCUT2D eigenvalue weighted by atomic mass is 10.0. The van der Waals surface area contributed by atoms with Crippen LogP contribution in [0.2, 0.25) is 0 Å². The van der Waals surface area contributed by atoms with Gasteiger partial charge in [0.1, 0.15) is 23.7 Å². The van der Waals surface area contributed by atoms with Gasteiger partial charge in [-0.2, -0.15) is 0 Å². The zero-order chi connectivity index (χ0) is 14.8. The van der Waals surface area contributed by atoms with Crippen LogP contribution in [-0.4, -0.2) is 18.1 Å². The molecule has 0 unspecified atom stereocenters. The zero-order valence-electron chi connectivity index (χ0n) is 11.3. The number of nitrogens with one attached hydrogen (secondary N) is 1. The fourth-order valence-electron chi connectivity index (χ4n) is 2.34. The Morgan fingerprint density at radius 3 is 2.71 bits per heavy atom. The fourth-order valence-corrected chi connectivity index (χ4v) is 2.34. The van der Waals surface area contributed by atoms with Gasteiger partial charge in [0.15, 0.2) is 0 Å². The van der Waals surface area contributed by atoms with E-state index in [0.29, 0.717) is 17.9 Å². The maximum atomic E-state index is 13.3. The first-order valence-corrected chi connectivity index (χ1v) is 6.70. The Bertz CT molecular complexity index is 661. The van der Waals surface area contributed by atoms with E-state index in [-0.39, 0.29) is 5.91 Å². The number of benzene rings is 2. The number of hydrogen-bond donors (Lipinski definition) is 2. The Morgan fingerprint density at radius 2 is 1.95 bits per heavy atom. The molecule has 0 spiro atoms. The van der Waals surface area contributed by atoms with E-state index in [1.54, 1.807) is 0 Å². The fraction of sp³-hybridized carbons (Fsp3) is 0.188. The number of rotatable bonds is 2. The molecule has 0 aliphatic carbocycles. The summed E-state index contributed by atoms with van der Waals surface area (Å²) in [6, 6.07) is 12.9. The molecule has 5 heteroatoms. The summed E-state index contributed by atoms with van der Waals surface area (Å²) in [6.45, 7) is 0. The van der Waals surface area contributed by atoms with Gasteiger partial charge in [-0.15, -0.1) is 0 Å². The van der Waals surface area contributed by atoms with Crippen LogP contribution in [0.25, 0.3) is 0 Å². The summed E-state index contributed by atoms with van der Waals surface area (Å²) >= 11 is 0. The highest BCUT2D eigenvalue weighted by molar-refractivity contribution is 5.97. The molecule has 0 saturated heterocycles. The Balaban J connectivity index is 1.90. The molecule has 1 aliphatic rings. The van der Waals surface area contributed by atoms with Gasteiger partial charge < -0.3 is 15.8 Å². The van der Waals surface area contributed by atoms with Crippen molar-refractivity contribution < 1.29 is 13.9 Å². The summed E-state index contributed by atoms with van der Waals surface area (Å²) in [7, 11) is 0. The molecule has 0 saturated carbocycles. The van der Waals surface area contributed by atoms with E-state index in [9.17, 15) is 9.18 Å². The van der Waals surface area contributed by atoms with Gasteiger partial charge >= 0.3 is 0 Å². The highest BCUT2D eigenvalue weighted by Gasteiger charge is 2.31. The van der Waals surface area contributed by atoms with Gasteiger partial charge in [0.25, 0.3) is 0 Å². The summed E-state index contributed by atoms with van der Waals surface area (Å²) in [5, 5.41) is 2.60. The Labute approximate surface area is 121 Å². The molecule has 2 aromatic rings. The van der Waals surface area contributed by atoms with Crippen molar-refractivity contribution in [1.82, 2.24) is 0 Å². The SMILES string of the molecule is N[C@@H]1C(=O)Nc2cc(F)ccc2O[C@@H]1Cc1ccccc1. The van der Waals surface area contributed by atoms with Crippen LogP contribution in [0.3, 0.4) is 0 Å². The molecule has 2 aromatic carbocycles. The van der Waals surface area contributed by atoms with Crippen LogP contribution in [0, 0.1) is 5.82 Å². The van der Waals surface area contributed by atoms with E-state index >= 15 is 0 Å². The number of fused-ring (bicyclic) bond motifs is 1. The zero-order valence-corrected chi connectivity index (χ0v) is 11.3. The minimum absolute atomic E-state index is 0.311. The molecule has 0 aromatic heterocycles. The van der Waals surface area contributed by atoms with E-state index < -0.39 is 18.0 Å². The largest absolute Gasteiger partial charge is 0.486 e. The summed E-state index contributed by atoms with van der Waals surface area (Å²) in [6.07, 6.45) is 0.00537. The molecule has 1 heterocycles. The third-order valence-electron chi connectivity index (χ3n) is 3.46. The van der Waals surface area contributed by atoms with Gasteiger partial charge in [-0.05, 0) is 17.7 Å². The van der Waals surface area contributed by atoms with Crippen LogP contribution in [0.15, 0.2) is 48.5 Å². The molecule has 4 nitrogen and oxygen atoms in total. The predicted molar refractivity (Wildman–Crippen MR) is 77.6 cm³/mol. The molecule has 21 heavy (non-hydrogen) atoms. The van der Waals surface area contributed by atoms with Crippen molar-refractivity contribution in [2.75, 3.05) is 5.32 Å². The van der Waals surface area contributed by atoms with Crippen molar-refractivity contribution in [2.45, 2.75) is 18.6 Å². The van der Waals surface area contributed by atoms with Crippen LogP contribution in [0.1, 0.15) is 5.56 Å². The molecular weight excluding hydrogens is 271 g/mol. The lowest BCUT2D eigenvalue weighted by Crippen LogP contribution is -2.47. The van der Waals surface area contributed by atoms with Gasteiger partial charge in [-0.3, -0.25) is 4.79 Å². The number of nitrogens with two attached hydrogens (primary N) is 1. The van der Waals surface area contributed by atoms with Crippen molar-refractivity contribution in [2.24, 2.45) is 5.73 Å². The molecule has 108 valence electrons. The minimum atomic E-state index is -0.819. The summed E-state index contributed by atoms with van der Waals surface area (Å²) in [5.41, 5.74) is 7.29. The average molecular weight is 286 g/mol. The van der Waals surface area contributed by atoms with Crippen molar-refractivity contribution in [1.29, 1.82) is 0 Å². The van der Waals surface area contributed by atoms with Crippen molar-refractivity contribution in [3.8, 4) is 5.75 Å². The molecule has 2 atom stereocenters. The molecule has 3 N–H and O–H groups in total. The maximum absolute atomic E-state index is 13.3. The van der Waals surface area contributed by atoms with Crippen molar-refractivity contribution in [3.63, 3.8) is 0 Å². The predicted octanol–water partition coefficient (Wildman–Crippen LogP) is 2.10. The second-order valence-electron chi connectivity index (χ2n) is 5.00. The topological polar surface area (TPSA) is 64.4 Å². The average Bonchev–Trinajstić information content (AvgIpc) is 2.59. The van der Waals surface area contributed by atoms with Gasteiger partial charge in [-0.1, -0.05) is 30.3 Å². The number of anilines is 1. The molecule has 0 bridgehead atoms. The van der Waals surface area contributed by atoms with Crippen LogP contribution in [0.5, 0.6) is 5.75 Å². The first-order chi connectivity index (χ1) is 10.1. The monoisotopic (exact) mass is 286 g/mol. The molecular formula is C16H15FN2O2. The van der Waals surface area contributed by atoms with E-state index in [2.05, 4.69) is 5.32 Å².